The van der Waals surface area contributed by atoms with E-state index >= 15 is 0 Å². The van der Waals surface area contributed by atoms with Gasteiger partial charge in [0, 0.05) is 5.92 Å². The summed E-state index contributed by atoms with van der Waals surface area (Å²) in [5.74, 6) is -1.22. The highest BCUT2D eigenvalue weighted by molar-refractivity contribution is 5.78. The van der Waals surface area contributed by atoms with Crippen molar-refractivity contribution in [3.8, 4) is 0 Å². The molecule has 4 nitrogen and oxygen atoms in total. The van der Waals surface area contributed by atoms with E-state index in [-0.39, 0.29) is 30.3 Å². The summed E-state index contributed by atoms with van der Waals surface area (Å²) in [6, 6.07) is 0. The van der Waals surface area contributed by atoms with Crippen molar-refractivity contribution in [1.82, 2.24) is 0 Å². The first-order chi connectivity index (χ1) is 6.52. The summed E-state index contributed by atoms with van der Waals surface area (Å²) < 4.78 is 4.73. The van der Waals surface area contributed by atoms with Crippen LogP contribution in [0.5, 0.6) is 0 Å². The minimum atomic E-state index is -0.359. The van der Waals surface area contributed by atoms with Gasteiger partial charge < -0.3 is 10.5 Å². The molecule has 0 aromatic rings. The van der Waals surface area contributed by atoms with E-state index in [9.17, 15) is 9.59 Å². The number of hydrogen-bond acceptors (Lipinski definition) is 3. The Morgan fingerprint density at radius 2 is 2.07 bits per heavy atom. The van der Waals surface area contributed by atoms with Gasteiger partial charge in [0.25, 0.3) is 0 Å². The predicted molar refractivity (Wildman–Crippen MR) is 53.1 cm³/mol. The lowest BCUT2D eigenvalue weighted by Gasteiger charge is -2.14. The zero-order valence-electron chi connectivity index (χ0n) is 8.79. The number of ether oxygens (including phenoxy) is 1. The largest absolute Gasteiger partial charge is 0.423 e. The summed E-state index contributed by atoms with van der Waals surface area (Å²) in [6.07, 6.45) is 1.10. The number of carbonyl (C=O) groups excluding carboxylic acids is 2. The molecule has 0 fully saturated rings. The number of rotatable bonds is 6. The third-order valence-corrected chi connectivity index (χ3v) is 2.18. The van der Waals surface area contributed by atoms with Crippen molar-refractivity contribution >= 4 is 11.9 Å². The smallest absolute Gasteiger partial charge is 0.312 e. The summed E-state index contributed by atoms with van der Waals surface area (Å²) in [6.45, 7) is 7.13. The second kappa shape index (κ2) is 6.29. The van der Waals surface area contributed by atoms with E-state index in [1.807, 2.05) is 6.92 Å². The molecular weight excluding hydrogens is 182 g/mol. The first kappa shape index (κ1) is 12.8. The molecule has 2 atom stereocenters. The third kappa shape index (κ3) is 4.16. The van der Waals surface area contributed by atoms with E-state index < -0.39 is 0 Å². The SMILES string of the molecule is [CH2+]COC(=O)C(C)CC(CC)C(N)=O. The Kier molecular flexibility index (Phi) is 5.76. The number of amides is 1. The molecule has 2 unspecified atom stereocenters. The lowest BCUT2D eigenvalue weighted by molar-refractivity contribution is -0.147. The number of primary amides is 1. The first-order valence-corrected chi connectivity index (χ1v) is 4.78. The third-order valence-electron chi connectivity index (χ3n) is 2.18. The molecule has 0 radical (unpaired) electrons. The average molecular weight is 200 g/mol. The Labute approximate surface area is 84.8 Å². The molecule has 0 saturated carbocycles. The van der Waals surface area contributed by atoms with E-state index in [1.165, 1.54) is 0 Å². The quantitative estimate of drug-likeness (QED) is 0.511. The number of nitrogens with two attached hydrogens (primary N) is 1. The van der Waals surface area contributed by atoms with Gasteiger partial charge in [-0.25, -0.2) is 0 Å². The van der Waals surface area contributed by atoms with Crippen molar-refractivity contribution in [3.63, 3.8) is 0 Å². The minimum Gasteiger partial charge on any atom is -0.423 e. The van der Waals surface area contributed by atoms with Crippen LogP contribution in [0.25, 0.3) is 0 Å². The van der Waals surface area contributed by atoms with E-state index in [4.69, 9.17) is 10.5 Å². The van der Waals surface area contributed by atoms with Crippen LogP contribution in [-0.4, -0.2) is 18.5 Å². The summed E-state index contributed by atoms with van der Waals surface area (Å²) in [4.78, 5) is 22.1. The van der Waals surface area contributed by atoms with Gasteiger partial charge in [0.05, 0.1) is 5.92 Å². The average Bonchev–Trinajstić information content (AvgIpc) is 2.13. The lowest BCUT2D eigenvalue weighted by atomic mass is 9.93. The fraction of sp³-hybridized carbons (Fsp3) is 0.700. The number of carbonyl (C=O) groups is 2. The fourth-order valence-corrected chi connectivity index (χ4v) is 1.25. The maximum absolute atomic E-state index is 11.2. The van der Waals surface area contributed by atoms with Crippen molar-refractivity contribution in [3.05, 3.63) is 6.92 Å². The van der Waals surface area contributed by atoms with Crippen molar-refractivity contribution in [2.45, 2.75) is 26.7 Å². The summed E-state index contributed by atoms with van der Waals surface area (Å²) in [5.41, 5.74) is 5.17. The summed E-state index contributed by atoms with van der Waals surface area (Å²) >= 11 is 0. The minimum absolute atomic E-state index is 0.122. The molecular formula is C10H18NO3+. The maximum Gasteiger partial charge on any atom is 0.312 e. The van der Waals surface area contributed by atoms with Crippen LogP contribution in [0.1, 0.15) is 26.7 Å². The number of hydrogen-bond donors (Lipinski definition) is 1. The van der Waals surface area contributed by atoms with Crippen molar-refractivity contribution < 1.29 is 14.3 Å². The topological polar surface area (TPSA) is 69.4 Å². The first-order valence-electron chi connectivity index (χ1n) is 4.78. The molecule has 0 rings (SSSR count). The Balaban J connectivity index is 4.08. The second-order valence-electron chi connectivity index (χ2n) is 3.31. The highest BCUT2D eigenvalue weighted by atomic mass is 16.5. The molecule has 14 heavy (non-hydrogen) atoms. The second-order valence-corrected chi connectivity index (χ2v) is 3.31. The van der Waals surface area contributed by atoms with Gasteiger partial charge in [-0.1, -0.05) is 13.8 Å². The monoisotopic (exact) mass is 200 g/mol. The zero-order valence-corrected chi connectivity index (χ0v) is 8.79. The Hall–Kier alpha value is -1.19. The highest BCUT2D eigenvalue weighted by Crippen LogP contribution is 2.16. The molecule has 0 aliphatic rings. The van der Waals surface area contributed by atoms with Crippen LogP contribution in [0.2, 0.25) is 0 Å². The Bertz CT molecular complexity index is 204. The normalized spacial score (nSPS) is 14.4. The van der Waals surface area contributed by atoms with Crippen molar-refractivity contribution in [2.75, 3.05) is 6.61 Å². The van der Waals surface area contributed by atoms with Gasteiger partial charge in [-0.15, -0.1) is 0 Å². The highest BCUT2D eigenvalue weighted by Gasteiger charge is 2.22. The fourth-order valence-electron chi connectivity index (χ4n) is 1.25. The van der Waals surface area contributed by atoms with Gasteiger partial charge in [0.1, 0.15) is 6.92 Å². The number of esters is 1. The molecule has 0 spiro atoms. The van der Waals surface area contributed by atoms with E-state index in [1.54, 1.807) is 6.92 Å². The van der Waals surface area contributed by atoms with Crippen LogP contribution >= 0.6 is 0 Å². The van der Waals surface area contributed by atoms with Gasteiger partial charge >= 0.3 is 5.97 Å². The van der Waals surface area contributed by atoms with Crippen molar-refractivity contribution in [1.29, 1.82) is 0 Å². The maximum atomic E-state index is 11.2. The molecule has 0 heterocycles. The molecule has 0 aliphatic heterocycles. The molecule has 0 aliphatic carbocycles. The summed E-state index contributed by atoms with van der Waals surface area (Å²) in [7, 11) is 0. The molecule has 4 heteroatoms. The molecule has 0 aromatic carbocycles. The van der Waals surface area contributed by atoms with Crippen LogP contribution in [0.4, 0.5) is 0 Å². The molecule has 0 saturated heterocycles. The van der Waals surface area contributed by atoms with E-state index in [0.29, 0.717) is 12.8 Å². The van der Waals surface area contributed by atoms with Crippen LogP contribution in [0.15, 0.2) is 0 Å². The lowest BCUT2D eigenvalue weighted by Crippen LogP contribution is -2.27. The zero-order chi connectivity index (χ0) is 11.1. The van der Waals surface area contributed by atoms with Crippen LogP contribution < -0.4 is 5.73 Å². The van der Waals surface area contributed by atoms with Gasteiger partial charge in [-0.3, -0.25) is 9.59 Å². The summed E-state index contributed by atoms with van der Waals surface area (Å²) in [5, 5.41) is 0. The molecule has 0 bridgehead atoms. The standard InChI is InChI=1S/C10H17NO3/c1-4-8(9(11)12)6-7(3)10(13)14-5-2/h7-8H,2,4-6H2,1,3H3,(H-,11,12)/p+1. The van der Waals surface area contributed by atoms with E-state index in [0.717, 1.165) is 0 Å². The Morgan fingerprint density at radius 3 is 2.43 bits per heavy atom. The van der Waals surface area contributed by atoms with Crippen LogP contribution in [0.3, 0.4) is 0 Å². The van der Waals surface area contributed by atoms with E-state index in [2.05, 4.69) is 6.92 Å². The van der Waals surface area contributed by atoms with Gasteiger partial charge in [-0.2, -0.15) is 0 Å². The molecule has 2 N–H and O–H groups in total. The van der Waals surface area contributed by atoms with Crippen LogP contribution in [0, 0.1) is 18.8 Å². The predicted octanol–water partition coefficient (Wildman–Crippen LogP) is 0.901. The van der Waals surface area contributed by atoms with Gasteiger partial charge in [-0.05, 0) is 12.8 Å². The van der Waals surface area contributed by atoms with Gasteiger partial charge in [0.2, 0.25) is 12.5 Å². The molecule has 80 valence electrons. The van der Waals surface area contributed by atoms with Crippen LogP contribution in [-0.2, 0) is 14.3 Å². The van der Waals surface area contributed by atoms with Crippen molar-refractivity contribution in [2.24, 2.45) is 17.6 Å². The molecule has 0 aromatic heterocycles. The Morgan fingerprint density at radius 1 is 1.50 bits per heavy atom. The molecule has 1 amide bonds. The van der Waals surface area contributed by atoms with Gasteiger partial charge in [0.15, 0.2) is 0 Å².